The number of hydrogen-bond acceptors (Lipinski definition) is 3. The van der Waals surface area contributed by atoms with E-state index in [1.54, 1.807) is 18.2 Å². The van der Waals surface area contributed by atoms with Crippen molar-refractivity contribution >= 4 is 5.97 Å². The van der Waals surface area contributed by atoms with Crippen LogP contribution in [0.2, 0.25) is 0 Å². The molecule has 1 N–H and O–H groups in total. The minimum atomic E-state index is -0.950. The van der Waals surface area contributed by atoms with Crippen molar-refractivity contribution in [3.8, 4) is 0 Å². The summed E-state index contributed by atoms with van der Waals surface area (Å²) in [6.07, 6.45) is 6.20. The van der Waals surface area contributed by atoms with Crippen molar-refractivity contribution in [1.82, 2.24) is 0 Å². The highest BCUT2D eigenvalue weighted by Crippen LogP contribution is 2.31. The standard InChI is InChI=1S/C8H8O3/c9-7-5-3-1-2-4-6(5)8(10)11-7/h1-7,9H. The maximum Gasteiger partial charge on any atom is 0.315 e. The number of fused-ring (bicyclic) bond motifs is 1. The second kappa shape index (κ2) is 2.20. The van der Waals surface area contributed by atoms with Gasteiger partial charge in [-0.2, -0.15) is 0 Å². The Morgan fingerprint density at radius 2 is 2.09 bits per heavy atom. The SMILES string of the molecule is O=C1OC(O)C2C=CC=CC12. The van der Waals surface area contributed by atoms with Crippen molar-refractivity contribution in [2.24, 2.45) is 11.8 Å². The molecular formula is C8H8O3. The molecule has 1 aliphatic heterocycles. The van der Waals surface area contributed by atoms with Gasteiger partial charge in [-0.1, -0.05) is 24.3 Å². The van der Waals surface area contributed by atoms with Gasteiger partial charge in [-0.05, 0) is 0 Å². The summed E-state index contributed by atoms with van der Waals surface area (Å²) in [6, 6.07) is 0. The van der Waals surface area contributed by atoms with Gasteiger partial charge in [-0.3, -0.25) is 4.79 Å². The average molecular weight is 152 g/mol. The summed E-state index contributed by atoms with van der Waals surface area (Å²) in [5.74, 6) is -0.773. The van der Waals surface area contributed by atoms with Crippen molar-refractivity contribution in [2.75, 3.05) is 0 Å². The minimum absolute atomic E-state index is 0.174. The molecule has 1 fully saturated rings. The molecule has 0 aromatic rings. The van der Waals surface area contributed by atoms with Crippen LogP contribution >= 0.6 is 0 Å². The van der Waals surface area contributed by atoms with Gasteiger partial charge in [-0.15, -0.1) is 0 Å². The van der Waals surface area contributed by atoms with Crippen molar-refractivity contribution < 1.29 is 14.6 Å². The lowest BCUT2D eigenvalue weighted by molar-refractivity contribution is -0.155. The molecule has 3 heteroatoms. The van der Waals surface area contributed by atoms with Gasteiger partial charge in [0.2, 0.25) is 6.29 Å². The maximum absolute atomic E-state index is 11.0. The van der Waals surface area contributed by atoms with Gasteiger partial charge >= 0.3 is 5.97 Å². The number of hydrogen-bond donors (Lipinski definition) is 1. The molecule has 2 aliphatic rings. The second-order valence-electron chi connectivity index (χ2n) is 2.70. The van der Waals surface area contributed by atoms with Crippen LogP contribution in [-0.2, 0) is 9.53 Å². The largest absolute Gasteiger partial charge is 0.435 e. The second-order valence-corrected chi connectivity index (χ2v) is 2.70. The minimum Gasteiger partial charge on any atom is -0.435 e. The summed E-state index contributed by atoms with van der Waals surface area (Å²) in [6.45, 7) is 0. The Morgan fingerprint density at radius 3 is 2.82 bits per heavy atom. The monoisotopic (exact) mass is 152 g/mol. The third-order valence-corrected chi connectivity index (χ3v) is 2.02. The van der Waals surface area contributed by atoms with Crippen LogP contribution in [0.1, 0.15) is 0 Å². The number of allylic oxidation sites excluding steroid dienone is 2. The van der Waals surface area contributed by atoms with Crippen LogP contribution in [0.3, 0.4) is 0 Å². The van der Waals surface area contributed by atoms with Gasteiger partial charge in [0.05, 0.1) is 11.8 Å². The normalized spacial score (nSPS) is 40.5. The topological polar surface area (TPSA) is 46.5 Å². The van der Waals surface area contributed by atoms with Gasteiger partial charge in [0.15, 0.2) is 0 Å². The molecule has 0 saturated carbocycles. The van der Waals surface area contributed by atoms with Crippen molar-refractivity contribution in [3.05, 3.63) is 24.3 Å². The summed E-state index contributed by atoms with van der Waals surface area (Å²) in [5.41, 5.74) is 0. The van der Waals surface area contributed by atoms with Gasteiger partial charge < -0.3 is 9.84 Å². The summed E-state index contributed by atoms with van der Waals surface area (Å²) in [7, 11) is 0. The maximum atomic E-state index is 11.0. The summed E-state index contributed by atoms with van der Waals surface area (Å²) >= 11 is 0. The predicted molar refractivity (Wildman–Crippen MR) is 37.4 cm³/mol. The molecule has 1 heterocycles. The molecule has 0 spiro atoms. The summed E-state index contributed by atoms with van der Waals surface area (Å²) < 4.78 is 4.62. The van der Waals surface area contributed by atoms with E-state index in [2.05, 4.69) is 4.74 Å². The highest BCUT2D eigenvalue weighted by Gasteiger charge is 2.41. The molecular weight excluding hydrogens is 144 g/mol. The third kappa shape index (κ3) is 0.886. The molecule has 2 rings (SSSR count). The van der Waals surface area contributed by atoms with E-state index in [9.17, 15) is 4.79 Å². The summed E-state index contributed by atoms with van der Waals surface area (Å²) in [4.78, 5) is 11.0. The fourth-order valence-corrected chi connectivity index (χ4v) is 1.41. The Bertz CT molecular complexity index is 242. The van der Waals surface area contributed by atoms with Crippen molar-refractivity contribution in [2.45, 2.75) is 6.29 Å². The molecule has 0 amide bonds. The molecule has 1 saturated heterocycles. The van der Waals surface area contributed by atoms with Crippen molar-refractivity contribution in [1.29, 1.82) is 0 Å². The number of aliphatic hydroxyl groups excluding tert-OH is 1. The Morgan fingerprint density at radius 1 is 1.36 bits per heavy atom. The Labute approximate surface area is 64.0 Å². The third-order valence-electron chi connectivity index (χ3n) is 2.02. The molecule has 58 valence electrons. The number of carbonyl (C=O) groups is 1. The first-order valence-electron chi connectivity index (χ1n) is 3.52. The number of carbonyl (C=O) groups excluding carboxylic acids is 1. The van der Waals surface area contributed by atoms with Crippen LogP contribution in [0.15, 0.2) is 24.3 Å². The van der Waals surface area contributed by atoms with Crippen LogP contribution in [-0.4, -0.2) is 17.4 Å². The number of rotatable bonds is 0. The van der Waals surface area contributed by atoms with Crippen molar-refractivity contribution in [3.63, 3.8) is 0 Å². The lowest BCUT2D eigenvalue weighted by atomic mass is 9.90. The lowest BCUT2D eigenvalue weighted by Gasteiger charge is -2.11. The zero-order valence-corrected chi connectivity index (χ0v) is 5.81. The Hall–Kier alpha value is -1.09. The number of ether oxygens (including phenoxy) is 1. The van der Waals surface area contributed by atoms with E-state index in [-0.39, 0.29) is 17.8 Å². The summed E-state index contributed by atoms with van der Waals surface area (Å²) in [5, 5.41) is 9.17. The number of aliphatic hydroxyl groups is 1. The van der Waals surface area contributed by atoms with Crippen LogP contribution in [0.5, 0.6) is 0 Å². The highest BCUT2D eigenvalue weighted by molar-refractivity contribution is 5.78. The van der Waals surface area contributed by atoms with Crippen LogP contribution < -0.4 is 0 Å². The van der Waals surface area contributed by atoms with Crippen LogP contribution in [0.4, 0.5) is 0 Å². The molecule has 0 bridgehead atoms. The zero-order valence-electron chi connectivity index (χ0n) is 5.81. The van der Waals surface area contributed by atoms with Crippen LogP contribution in [0, 0.1) is 11.8 Å². The number of cyclic esters (lactones) is 1. The highest BCUT2D eigenvalue weighted by atomic mass is 16.6. The van der Waals surface area contributed by atoms with E-state index in [0.717, 1.165) is 0 Å². The van der Waals surface area contributed by atoms with E-state index >= 15 is 0 Å². The van der Waals surface area contributed by atoms with Crippen LogP contribution in [0.25, 0.3) is 0 Å². The van der Waals surface area contributed by atoms with E-state index in [1.165, 1.54) is 0 Å². The van der Waals surface area contributed by atoms with Gasteiger partial charge in [0, 0.05) is 0 Å². The molecule has 3 atom stereocenters. The first kappa shape index (κ1) is 6.61. The molecule has 3 nitrogen and oxygen atoms in total. The molecule has 0 radical (unpaired) electrons. The smallest absolute Gasteiger partial charge is 0.315 e. The van der Waals surface area contributed by atoms with E-state index in [4.69, 9.17) is 5.11 Å². The molecule has 11 heavy (non-hydrogen) atoms. The Kier molecular flexibility index (Phi) is 1.32. The first-order valence-corrected chi connectivity index (χ1v) is 3.52. The zero-order chi connectivity index (χ0) is 7.84. The average Bonchev–Trinajstić information content (AvgIpc) is 2.30. The van der Waals surface area contributed by atoms with E-state index in [0.29, 0.717) is 0 Å². The molecule has 0 aromatic heterocycles. The molecule has 3 unspecified atom stereocenters. The fraction of sp³-hybridized carbons (Fsp3) is 0.375. The lowest BCUT2D eigenvalue weighted by Crippen LogP contribution is -2.18. The van der Waals surface area contributed by atoms with E-state index < -0.39 is 6.29 Å². The molecule has 1 aliphatic carbocycles. The Balaban J connectivity index is 2.29. The van der Waals surface area contributed by atoms with E-state index in [1.807, 2.05) is 6.08 Å². The quantitative estimate of drug-likeness (QED) is 0.505. The van der Waals surface area contributed by atoms with Gasteiger partial charge in [-0.25, -0.2) is 0 Å². The fourth-order valence-electron chi connectivity index (χ4n) is 1.41. The number of esters is 1. The molecule has 0 aromatic carbocycles. The van der Waals surface area contributed by atoms with Gasteiger partial charge in [0.25, 0.3) is 0 Å². The van der Waals surface area contributed by atoms with Gasteiger partial charge in [0.1, 0.15) is 0 Å². The first-order chi connectivity index (χ1) is 5.29. The predicted octanol–water partition coefficient (Wildman–Crippen LogP) is 0.220.